The molecule has 19 heavy (non-hydrogen) atoms. The molecular formula is C11H6N6OS. The summed E-state index contributed by atoms with van der Waals surface area (Å²) in [5.74, 6) is 0.549. The van der Waals surface area contributed by atoms with Gasteiger partial charge in [0.15, 0.2) is 0 Å². The molecule has 0 aliphatic carbocycles. The standard InChI is InChI=1S/C11H6N6OS/c12-5-9(6-13)16-15-8-2-1-3-10(4-8)18-11-17-14-7-19-11/h1-4,7,15H. The maximum atomic E-state index is 8.55. The number of rotatable bonds is 4. The lowest BCUT2D eigenvalue weighted by Gasteiger charge is -2.03. The minimum Gasteiger partial charge on any atom is -0.430 e. The molecule has 2 rings (SSSR count). The molecule has 1 aromatic carbocycles. The molecule has 0 unspecified atom stereocenters. The van der Waals surface area contributed by atoms with Crippen molar-refractivity contribution in [3.05, 3.63) is 29.8 Å². The van der Waals surface area contributed by atoms with Crippen LogP contribution >= 0.6 is 11.3 Å². The second-order valence-corrected chi connectivity index (χ2v) is 3.93. The topological polar surface area (TPSA) is 107 Å². The van der Waals surface area contributed by atoms with Gasteiger partial charge in [-0.3, -0.25) is 5.43 Å². The molecular weight excluding hydrogens is 264 g/mol. The van der Waals surface area contributed by atoms with E-state index in [1.807, 2.05) is 0 Å². The van der Waals surface area contributed by atoms with Crippen LogP contribution in [0.3, 0.4) is 0 Å². The Kier molecular flexibility index (Phi) is 4.01. The van der Waals surface area contributed by atoms with Crippen molar-refractivity contribution in [1.82, 2.24) is 10.2 Å². The number of nitriles is 2. The van der Waals surface area contributed by atoms with Crippen LogP contribution in [0.5, 0.6) is 10.9 Å². The van der Waals surface area contributed by atoms with E-state index in [1.54, 1.807) is 41.9 Å². The second kappa shape index (κ2) is 6.10. The van der Waals surface area contributed by atoms with E-state index in [-0.39, 0.29) is 5.71 Å². The number of hydrazone groups is 1. The summed E-state index contributed by atoms with van der Waals surface area (Å²) in [4.78, 5) is 0. The number of hydrogen-bond donors (Lipinski definition) is 1. The molecule has 7 nitrogen and oxygen atoms in total. The number of hydrogen-bond acceptors (Lipinski definition) is 8. The molecule has 0 aliphatic rings. The summed E-state index contributed by atoms with van der Waals surface area (Å²) in [5.41, 5.74) is 4.49. The van der Waals surface area contributed by atoms with E-state index in [9.17, 15) is 0 Å². The minimum atomic E-state index is -0.254. The van der Waals surface area contributed by atoms with Crippen LogP contribution in [-0.4, -0.2) is 15.9 Å². The first-order valence-corrected chi connectivity index (χ1v) is 5.88. The first kappa shape index (κ1) is 12.5. The van der Waals surface area contributed by atoms with Gasteiger partial charge in [0.1, 0.15) is 23.4 Å². The van der Waals surface area contributed by atoms with Crippen molar-refractivity contribution in [1.29, 1.82) is 10.5 Å². The van der Waals surface area contributed by atoms with Gasteiger partial charge in [-0.05, 0) is 12.1 Å². The molecule has 0 radical (unpaired) electrons. The highest BCUT2D eigenvalue weighted by Gasteiger charge is 2.01. The quantitative estimate of drug-likeness (QED) is 0.673. The first-order valence-electron chi connectivity index (χ1n) is 5.00. The average molecular weight is 270 g/mol. The van der Waals surface area contributed by atoms with E-state index in [1.165, 1.54) is 11.3 Å². The summed E-state index contributed by atoms with van der Waals surface area (Å²) in [6.07, 6.45) is 0. The Morgan fingerprint density at radius 3 is 2.89 bits per heavy atom. The van der Waals surface area contributed by atoms with Crippen molar-refractivity contribution in [2.75, 3.05) is 5.43 Å². The van der Waals surface area contributed by atoms with Gasteiger partial charge < -0.3 is 4.74 Å². The summed E-state index contributed by atoms with van der Waals surface area (Å²) < 4.78 is 5.44. The third-order valence-electron chi connectivity index (χ3n) is 1.89. The number of anilines is 1. The van der Waals surface area contributed by atoms with Gasteiger partial charge in [-0.15, -0.1) is 5.10 Å². The van der Waals surface area contributed by atoms with Crippen molar-refractivity contribution >= 4 is 22.7 Å². The molecule has 0 fully saturated rings. The molecule has 0 atom stereocenters. The molecule has 2 aromatic rings. The molecule has 8 heteroatoms. The fourth-order valence-corrected chi connectivity index (χ4v) is 1.56. The maximum absolute atomic E-state index is 8.55. The number of benzene rings is 1. The average Bonchev–Trinajstić information content (AvgIpc) is 2.93. The lowest BCUT2D eigenvalue weighted by molar-refractivity contribution is 0.473. The van der Waals surface area contributed by atoms with Crippen molar-refractivity contribution in [3.8, 4) is 23.1 Å². The van der Waals surface area contributed by atoms with E-state index >= 15 is 0 Å². The fraction of sp³-hybridized carbons (Fsp3) is 0. The zero-order valence-corrected chi connectivity index (χ0v) is 10.3. The molecule has 0 bridgehead atoms. The van der Waals surface area contributed by atoms with Crippen molar-refractivity contribution in [2.45, 2.75) is 0 Å². The Balaban J connectivity index is 2.10. The molecule has 1 aromatic heterocycles. The van der Waals surface area contributed by atoms with Crippen LogP contribution in [0, 0.1) is 22.7 Å². The molecule has 92 valence electrons. The van der Waals surface area contributed by atoms with Crippen molar-refractivity contribution < 1.29 is 4.74 Å². The van der Waals surface area contributed by atoms with Crippen LogP contribution in [0.25, 0.3) is 0 Å². The fourth-order valence-electron chi connectivity index (χ4n) is 1.13. The summed E-state index contributed by atoms with van der Waals surface area (Å²) in [6.45, 7) is 0. The van der Waals surface area contributed by atoms with Gasteiger partial charge in [-0.25, -0.2) is 0 Å². The molecule has 1 N–H and O–H groups in total. The number of aromatic nitrogens is 2. The van der Waals surface area contributed by atoms with Crippen molar-refractivity contribution in [2.24, 2.45) is 5.10 Å². The van der Waals surface area contributed by atoms with E-state index in [4.69, 9.17) is 15.3 Å². The number of ether oxygens (including phenoxy) is 1. The Bertz CT molecular complexity index is 651. The molecule has 0 saturated carbocycles. The van der Waals surface area contributed by atoms with Crippen LogP contribution in [-0.2, 0) is 0 Å². The largest absolute Gasteiger partial charge is 0.430 e. The molecule has 1 heterocycles. The van der Waals surface area contributed by atoms with Crippen LogP contribution in [0.1, 0.15) is 0 Å². The summed E-state index contributed by atoms with van der Waals surface area (Å²) in [5, 5.41) is 28.6. The Morgan fingerprint density at radius 2 is 2.21 bits per heavy atom. The lowest BCUT2D eigenvalue weighted by atomic mass is 10.3. The van der Waals surface area contributed by atoms with Gasteiger partial charge >= 0.3 is 0 Å². The number of nitrogens with one attached hydrogen (secondary N) is 1. The minimum absolute atomic E-state index is 0.254. The van der Waals surface area contributed by atoms with Gasteiger partial charge in [-0.2, -0.15) is 15.6 Å². The van der Waals surface area contributed by atoms with Crippen molar-refractivity contribution in [3.63, 3.8) is 0 Å². The summed E-state index contributed by atoms with van der Waals surface area (Å²) in [7, 11) is 0. The zero-order chi connectivity index (χ0) is 13.5. The van der Waals surface area contributed by atoms with Crippen LogP contribution in [0.15, 0.2) is 34.9 Å². The SMILES string of the molecule is N#CC(C#N)=NNc1cccc(Oc2nncs2)c1. The third-order valence-corrected chi connectivity index (χ3v) is 2.45. The smallest absolute Gasteiger partial charge is 0.299 e. The van der Waals surface area contributed by atoms with Gasteiger partial charge in [-0.1, -0.05) is 22.5 Å². The van der Waals surface area contributed by atoms with Gasteiger partial charge in [0.2, 0.25) is 5.71 Å². The van der Waals surface area contributed by atoms with E-state index in [2.05, 4.69) is 20.7 Å². The third kappa shape index (κ3) is 3.49. The summed E-state index contributed by atoms with van der Waals surface area (Å²) in [6, 6.07) is 10.2. The lowest BCUT2D eigenvalue weighted by Crippen LogP contribution is -1.96. The highest BCUT2D eigenvalue weighted by Crippen LogP contribution is 2.24. The Labute approximate surface area is 112 Å². The Hall–Kier alpha value is -2.97. The Morgan fingerprint density at radius 1 is 1.37 bits per heavy atom. The van der Waals surface area contributed by atoms with Crippen LogP contribution in [0.4, 0.5) is 5.69 Å². The van der Waals surface area contributed by atoms with Gasteiger partial charge in [0, 0.05) is 6.07 Å². The van der Waals surface area contributed by atoms with E-state index < -0.39 is 0 Å². The first-order chi connectivity index (χ1) is 9.31. The highest BCUT2D eigenvalue weighted by atomic mass is 32.1. The molecule has 0 aliphatic heterocycles. The normalized spacial score (nSPS) is 8.95. The zero-order valence-electron chi connectivity index (χ0n) is 9.44. The van der Waals surface area contributed by atoms with E-state index in [0.29, 0.717) is 16.6 Å². The predicted octanol–water partition coefficient (Wildman–Crippen LogP) is 2.15. The molecule has 0 spiro atoms. The van der Waals surface area contributed by atoms with Gasteiger partial charge in [0.25, 0.3) is 5.19 Å². The molecule has 0 saturated heterocycles. The van der Waals surface area contributed by atoms with Gasteiger partial charge in [0.05, 0.1) is 5.69 Å². The highest BCUT2D eigenvalue weighted by molar-refractivity contribution is 7.11. The van der Waals surface area contributed by atoms with Crippen LogP contribution < -0.4 is 10.2 Å². The summed E-state index contributed by atoms with van der Waals surface area (Å²) >= 11 is 1.27. The second-order valence-electron chi connectivity index (χ2n) is 3.13. The van der Waals surface area contributed by atoms with Crippen LogP contribution in [0.2, 0.25) is 0 Å². The molecule has 0 amide bonds. The predicted molar refractivity (Wildman–Crippen MR) is 68.7 cm³/mol. The maximum Gasteiger partial charge on any atom is 0.299 e. The van der Waals surface area contributed by atoms with E-state index in [0.717, 1.165) is 0 Å². The monoisotopic (exact) mass is 270 g/mol. The number of nitrogens with zero attached hydrogens (tertiary/aromatic N) is 5.